The molecule has 1 fully saturated rings. The van der Waals surface area contributed by atoms with Crippen molar-refractivity contribution in [3.05, 3.63) is 34.0 Å². The Hall–Kier alpha value is -2.42. The number of rotatable bonds is 4. The van der Waals surface area contributed by atoms with Crippen molar-refractivity contribution < 1.29 is 13.9 Å². The molecule has 0 atom stereocenters. The smallest absolute Gasteiger partial charge is 0.434 e. The second-order valence-corrected chi connectivity index (χ2v) is 5.46. The fourth-order valence-corrected chi connectivity index (χ4v) is 2.55. The second-order valence-electron chi connectivity index (χ2n) is 5.08. The molecular weight excluding hydrogens is 326 g/mol. The molecule has 0 saturated carbocycles. The molecule has 1 aliphatic heterocycles. The van der Waals surface area contributed by atoms with Gasteiger partial charge in [-0.05, 0) is 12.8 Å². The molecule has 1 amide bonds. The molecule has 1 saturated heterocycles. The van der Waals surface area contributed by atoms with E-state index < -0.39 is 5.76 Å². The van der Waals surface area contributed by atoms with Gasteiger partial charge in [-0.2, -0.15) is 4.98 Å². The molecule has 23 heavy (non-hydrogen) atoms. The average Bonchev–Trinajstić information content (AvgIpc) is 2.99. The summed E-state index contributed by atoms with van der Waals surface area (Å²) in [6, 6.07) is 0. The quantitative estimate of drug-likeness (QED) is 0.866. The summed E-state index contributed by atoms with van der Waals surface area (Å²) in [4.78, 5) is 32.5. The van der Waals surface area contributed by atoms with E-state index in [2.05, 4.69) is 20.2 Å². The number of halogens is 1. The van der Waals surface area contributed by atoms with Gasteiger partial charge in [0.15, 0.2) is 11.8 Å². The molecule has 122 valence electrons. The maximum Gasteiger partial charge on any atom is 0.434 e. The molecule has 0 bridgehead atoms. The van der Waals surface area contributed by atoms with Crippen molar-refractivity contribution in [2.75, 3.05) is 19.7 Å². The molecule has 1 aliphatic rings. The van der Waals surface area contributed by atoms with Gasteiger partial charge in [0.05, 0.1) is 12.4 Å². The van der Waals surface area contributed by atoms with Crippen molar-refractivity contribution >= 4 is 17.5 Å². The van der Waals surface area contributed by atoms with Crippen LogP contribution < -0.4 is 10.5 Å². The third-order valence-electron chi connectivity index (χ3n) is 3.58. The third-order valence-corrected chi connectivity index (χ3v) is 3.76. The molecule has 0 spiro atoms. The topological polar surface area (TPSA) is 114 Å². The summed E-state index contributed by atoms with van der Waals surface area (Å²) in [5.74, 6) is -0.0625. The number of likely N-dealkylation sites (tertiary alicyclic amines) is 1. The van der Waals surface area contributed by atoms with Gasteiger partial charge in [-0.1, -0.05) is 11.6 Å². The van der Waals surface area contributed by atoms with E-state index >= 15 is 0 Å². The highest BCUT2D eigenvalue weighted by atomic mass is 35.5. The Kier molecular flexibility index (Phi) is 4.56. The molecule has 2 aromatic heterocycles. The zero-order chi connectivity index (χ0) is 16.2. The number of ether oxygens (including phenoxy) is 1. The average molecular weight is 340 g/mol. The van der Waals surface area contributed by atoms with Crippen LogP contribution in [-0.2, 0) is 4.79 Å². The first kappa shape index (κ1) is 15.5. The predicted molar refractivity (Wildman–Crippen MR) is 78.2 cm³/mol. The number of hydrogen-bond acceptors (Lipinski definition) is 7. The monoisotopic (exact) mass is 339 g/mol. The van der Waals surface area contributed by atoms with E-state index in [1.165, 1.54) is 12.4 Å². The van der Waals surface area contributed by atoms with Crippen LogP contribution in [0.25, 0.3) is 0 Å². The lowest BCUT2D eigenvalue weighted by Crippen LogP contribution is -2.40. The largest absolute Gasteiger partial charge is 0.466 e. The Labute approximate surface area is 135 Å². The Morgan fingerprint density at radius 3 is 2.87 bits per heavy atom. The zero-order valence-electron chi connectivity index (χ0n) is 12.1. The van der Waals surface area contributed by atoms with Gasteiger partial charge in [0.1, 0.15) is 0 Å². The highest BCUT2D eigenvalue weighted by Gasteiger charge is 2.27. The van der Waals surface area contributed by atoms with E-state index in [-0.39, 0.29) is 29.5 Å². The fraction of sp³-hybridized carbons (Fsp3) is 0.462. The minimum Gasteiger partial charge on any atom is -0.466 e. The SMILES string of the molecule is O=C(COc1cncc(Cl)n1)N1CCC(c2n[nH]c(=O)o2)CC1. The number of H-pyrrole nitrogens is 1. The first-order valence-electron chi connectivity index (χ1n) is 7.05. The van der Waals surface area contributed by atoms with Gasteiger partial charge in [0.2, 0.25) is 11.8 Å². The molecule has 3 rings (SSSR count). The van der Waals surface area contributed by atoms with Gasteiger partial charge in [-0.15, -0.1) is 5.10 Å². The van der Waals surface area contributed by atoms with Crippen LogP contribution in [0.15, 0.2) is 21.6 Å². The Balaban J connectivity index is 1.49. The fourth-order valence-electron chi connectivity index (χ4n) is 2.41. The third kappa shape index (κ3) is 3.86. The van der Waals surface area contributed by atoms with Crippen molar-refractivity contribution in [1.29, 1.82) is 0 Å². The first-order valence-corrected chi connectivity index (χ1v) is 7.43. The van der Waals surface area contributed by atoms with Crippen molar-refractivity contribution in [2.24, 2.45) is 0 Å². The van der Waals surface area contributed by atoms with Crippen LogP contribution in [0.3, 0.4) is 0 Å². The van der Waals surface area contributed by atoms with Crippen LogP contribution in [0.4, 0.5) is 0 Å². The van der Waals surface area contributed by atoms with Gasteiger partial charge in [0, 0.05) is 19.0 Å². The summed E-state index contributed by atoms with van der Waals surface area (Å²) in [6.07, 6.45) is 4.13. The predicted octanol–water partition coefficient (Wildman–Crippen LogP) is 0.591. The Bertz CT molecular complexity index is 738. The van der Waals surface area contributed by atoms with Gasteiger partial charge >= 0.3 is 5.76 Å². The first-order chi connectivity index (χ1) is 11.1. The number of carbonyl (C=O) groups excluding carboxylic acids is 1. The van der Waals surface area contributed by atoms with Crippen molar-refractivity contribution in [3.8, 4) is 5.88 Å². The number of carbonyl (C=O) groups is 1. The van der Waals surface area contributed by atoms with Crippen LogP contribution in [0, 0.1) is 0 Å². The minimum atomic E-state index is -0.561. The van der Waals surface area contributed by atoms with Crippen LogP contribution in [-0.4, -0.2) is 50.7 Å². The second kappa shape index (κ2) is 6.78. The molecule has 3 heterocycles. The lowest BCUT2D eigenvalue weighted by Gasteiger charge is -2.30. The standard InChI is InChI=1S/C13H14ClN5O4/c14-9-5-15-6-10(16-9)22-7-11(20)19-3-1-8(2-4-19)12-17-18-13(21)23-12/h5-6,8H,1-4,7H2,(H,18,21). The van der Waals surface area contributed by atoms with Gasteiger partial charge in [-0.3, -0.25) is 9.78 Å². The normalized spacial score (nSPS) is 15.6. The van der Waals surface area contributed by atoms with E-state index in [0.29, 0.717) is 31.8 Å². The summed E-state index contributed by atoms with van der Waals surface area (Å²) in [5, 5.41) is 6.28. The van der Waals surface area contributed by atoms with E-state index in [1.54, 1.807) is 4.90 Å². The van der Waals surface area contributed by atoms with E-state index in [0.717, 1.165) is 0 Å². The Morgan fingerprint density at radius 2 is 2.22 bits per heavy atom. The molecule has 0 aliphatic carbocycles. The molecule has 0 unspecified atom stereocenters. The van der Waals surface area contributed by atoms with Crippen LogP contribution >= 0.6 is 11.6 Å². The summed E-state index contributed by atoms with van der Waals surface area (Å²) in [7, 11) is 0. The molecule has 0 aromatic carbocycles. The summed E-state index contributed by atoms with van der Waals surface area (Å²) < 4.78 is 10.2. The number of nitrogens with one attached hydrogen (secondary N) is 1. The number of nitrogens with zero attached hydrogens (tertiary/aromatic N) is 4. The number of hydrogen-bond donors (Lipinski definition) is 1. The molecule has 0 radical (unpaired) electrons. The van der Waals surface area contributed by atoms with Crippen molar-refractivity contribution in [2.45, 2.75) is 18.8 Å². The molecule has 9 nitrogen and oxygen atoms in total. The number of amides is 1. The van der Waals surface area contributed by atoms with Gasteiger partial charge < -0.3 is 14.1 Å². The molecule has 1 N–H and O–H groups in total. The van der Waals surface area contributed by atoms with Crippen molar-refractivity contribution in [3.63, 3.8) is 0 Å². The zero-order valence-corrected chi connectivity index (χ0v) is 12.8. The highest BCUT2D eigenvalue weighted by molar-refractivity contribution is 6.29. The minimum absolute atomic E-state index is 0.0396. The maximum atomic E-state index is 12.1. The molecular formula is C13H14ClN5O4. The van der Waals surface area contributed by atoms with E-state index in [1.807, 2.05) is 0 Å². The molecule has 10 heteroatoms. The summed E-state index contributed by atoms with van der Waals surface area (Å²) in [5.41, 5.74) is 0. The van der Waals surface area contributed by atoms with Crippen LogP contribution in [0.2, 0.25) is 5.15 Å². The maximum absolute atomic E-state index is 12.1. The van der Waals surface area contributed by atoms with Gasteiger partial charge in [0.25, 0.3) is 5.91 Å². The highest BCUT2D eigenvalue weighted by Crippen LogP contribution is 2.25. The van der Waals surface area contributed by atoms with Crippen molar-refractivity contribution in [1.82, 2.24) is 25.1 Å². The van der Waals surface area contributed by atoms with Crippen LogP contribution in [0.5, 0.6) is 5.88 Å². The lowest BCUT2D eigenvalue weighted by molar-refractivity contribution is -0.134. The summed E-state index contributed by atoms with van der Waals surface area (Å²) >= 11 is 5.70. The van der Waals surface area contributed by atoms with E-state index in [9.17, 15) is 9.59 Å². The molecule has 2 aromatic rings. The lowest BCUT2D eigenvalue weighted by atomic mass is 9.97. The number of piperidine rings is 1. The van der Waals surface area contributed by atoms with Crippen LogP contribution in [0.1, 0.15) is 24.7 Å². The van der Waals surface area contributed by atoms with E-state index in [4.69, 9.17) is 20.8 Å². The summed E-state index contributed by atoms with van der Waals surface area (Å²) in [6.45, 7) is 0.965. The number of aromatic amines is 1. The Morgan fingerprint density at radius 1 is 1.43 bits per heavy atom. The number of aromatic nitrogens is 4. The van der Waals surface area contributed by atoms with Gasteiger partial charge in [-0.25, -0.2) is 9.89 Å².